The highest BCUT2D eigenvalue weighted by molar-refractivity contribution is 9.09. The van der Waals surface area contributed by atoms with Crippen molar-refractivity contribution in [2.45, 2.75) is 59.8 Å². The third-order valence-electron chi connectivity index (χ3n) is 4.87. The van der Waals surface area contributed by atoms with Gasteiger partial charge in [0.1, 0.15) is 0 Å². The average molecular weight is 289 g/mol. The van der Waals surface area contributed by atoms with Crippen LogP contribution in [0.2, 0.25) is 0 Å². The maximum atomic E-state index is 3.74. The Labute approximate surface area is 111 Å². The Balaban J connectivity index is 2.55. The van der Waals surface area contributed by atoms with Gasteiger partial charge in [0.05, 0.1) is 0 Å². The Morgan fingerprint density at radius 1 is 1.25 bits per heavy atom. The highest BCUT2D eigenvalue weighted by Gasteiger charge is 2.39. The van der Waals surface area contributed by atoms with Crippen molar-refractivity contribution in [2.24, 2.45) is 29.6 Å². The highest BCUT2D eigenvalue weighted by atomic mass is 79.9. The van der Waals surface area contributed by atoms with Crippen LogP contribution in [0.4, 0.5) is 0 Å². The summed E-state index contributed by atoms with van der Waals surface area (Å²) in [7, 11) is 0. The molecule has 16 heavy (non-hydrogen) atoms. The summed E-state index contributed by atoms with van der Waals surface area (Å²) in [4.78, 5) is 0. The fourth-order valence-corrected chi connectivity index (χ4v) is 4.64. The SMILES string of the molecule is CCC[C@@H]1CC(C[C@H](C)CC)[C@H](C)[C@H]1CBr. The molecule has 0 aromatic rings. The zero-order valence-electron chi connectivity index (χ0n) is 11.5. The fourth-order valence-electron chi connectivity index (χ4n) is 3.52. The lowest BCUT2D eigenvalue weighted by molar-refractivity contribution is 0.292. The van der Waals surface area contributed by atoms with Crippen LogP contribution < -0.4 is 0 Å². The number of alkyl halides is 1. The second-order valence-corrected chi connectivity index (χ2v) is 6.62. The summed E-state index contributed by atoms with van der Waals surface area (Å²) in [6, 6.07) is 0. The Morgan fingerprint density at radius 3 is 2.44 bits per heavy atom. The van der Waals surface area contributed by atoms with E-state index in [0.717, 1.165) is 29.6 Å². The van der Waals surface area contributed by atoms with E-state index in [9.17, 15) is 0 Å². The van der Waals surface area contributed by atoms with Crippen LogP contribution in [0.15, 0.2) is 0 Å². The number of halogens is 1. The van der Waals surface area contributed by atoms with Gasteiger partial charge in [-0.05, 0) is 42.4 Å². The molecule has 96 valence electrons. The van der Waals surface area contributed by atoms with Crippen molar-refractivity contribution in [3.05, 3.63) is 0 Å². The van der Waals surface area contributed by atoms with Crippen LogP contribution >= 0.6 is 15.9 Å². The molecule has 1 heteroatoms. The van der Waals surface area contributed by atoms with Gasteiger partial charge in [-0.3, -0.25) is 0 Å². The second-order valence-electron chi connectivity index (χ2n) is 5.97. The van der Waals surface area contributed by atoms with Gasteiger partial charge in [-0.25, -0.2) is 0 Å². The van der Waals surface area contributed by atoms with Crippen LogP contribution in [0.3, 0.4) is 0 Å². The van der Waals surface area contributed by atoms with Crippen molar-refractivity contribution < 1.29 is 0 Å². The van der Waals surface area contributed by atoms with Gasteiger partial charge < -0.3 is 0 Å². The maximum absolute atomic E-state index is 3.74. The molecule has 1 aliphatic carbocycles. The van der Waals surface area contributed by atoms with Crippen LogP contribution in [-0.4, -0.2) is 5.33 Å². The molecule has 5 atom stereocenters. The van der Waals surface area contributed by atoms with Crippen molar-refractivity contribution in [1.82, 2.24) is 0 Å². The van der Waals surface area contributed by atoms with Crippen LogP contribution in [0.5, 0.6) is 0 Å². The molecule has 1 aliphatic rings. The van der Waals surface area contributed by atoms with Gasteiger partial charge >= 0.3 is 0 Å². The summed E-state index contributed by atoms with van der Waals surface area (Å²) in [5.74, 6) is 4.78. The van der Waals surface area contributed by atoms with E-state index in [0.29, 0.717) is 0 Å². The van der Waals surface area contributed by atoms with Crippen molar-refractivity contribution >= 4 is 15.9 Å². The third kappa shape index (κ3) is 3.48. The van der Waals surface area contributed by atoms with E-state index in [1.54, 1.807) is 0 Å². The third-order valence-corrected chi connectivity index (χ3v) is 5.62. The van der Waals surface area contributed by atoms with Crippen LogP contribution in [0, 0.1) is 29.6 Å². The summed E-state index contributed by atoms with van der Waals surface area (Å²) in [6.45, 7) is 9.57. The molecule has 0 spiro atoms. The zero-order chi connectivity index (χ0) is 12.1. The first kappa shape index (κ1) is 14.5. The lowest BCUT2D eigenvalue weighted by Crippen LogP contribution is -2.17. The van der Waals surface area contributed by atoms with E-state index in [-0.39, 0.29) is 0 Å². The zero-order valence-corrected chi connectivity index (χ0v) is 13.1. The number of rotatable bonds is 6. The van der Waals surface area contributed by atoms with Crippen LogP contribution in [0.1, 0.15) is 59.8 Å². The van der Waals surface area contributed by atoms with E-state index < -0.39 is 0 Å². The van der Waals surface area contributed by atoms with Gasteiger partial charge in [-0.1, -0.05) is 62.9 Å². The number of hydrogen-bond donors (Lipinski definition) is 0. The standard InChI is InChI=1S/C15H29Br/c1-5-7-13-9-14(8-11(3)6-2)12(4)15(13)10-16/h11-15H,5-10H2,1-4H3/t11-,12+,13-,14?,15-/m1/s1. The normalized spacial score (nSPS) is 36.6. The molecule has 1 rings (SSSR count). The molecule has 0 aromatic heterocycles. The van der Waals surface area contributed by atoms with Crippen molar-refractivity contribution in [2.75, 3.05) is 5.33 Å². The quantitative estimate of drug-likeness (QED) is 0.566. The lowest BCUT2D eigenvalue weighted by atomic mass is 9.85. The maximum Gasteiger partial charge on any atom is 0.00649 e. The van der Waals surface area contributed by atoms with Gasteiger partial charge in [0.25, 0.3) is 0 Å². The van der Waals surface area contributed by atoms with E-state index in [4.69, 9.17) is 0 Å². The Hall–Kier alpha value is 0.480. The molecule has 1 unspecified atom stereocenters. The first-order chi connectivity index (χ1) is 7.63. The van der Waals surface area contributed by atoms with Gasteiger partial charge in [-0.15, -0.1) is 0 Å². The summed E-state index contributed by atoms with van der Waals surface area (Å²) < 4.78 is 0. The molecular weight excluding hydrogens is 260 g/mol. The molecule has 0 N–H and O–H groups in total. The first-order valence-corrected chi connectivity index (χ1v) is 8.32. The molecule has 0 aliphatic heterocycles. The van der Waals surface area contributed by atoms with Crippen LogP contribution in [0.25, 0.3) is 0 Å². The Morgan fingerprint density at radius 2 is 1.94 bits per heavy atom. The number of hydrogen-bond acceptors (Lipinski definition) is 0. The summed E-state index contributed by atoms with van der Waals surface area (Å²) in [5.41, 5.74) is 0. The molecular formula is C15H29Br. The van der Waals surface area contributed by atoms with E-state index in [2.05, 4.69) is 43.6 Å². The van der Waals surface area contributed by atoms with Gasteiger partial charge in [0, 0.05) is 5.33 Å². The van der Waals surface area contributed by atoms with Crippen molar-refractivity contribution in [3.8, 4) is 0 Å². The highest BCUT2D eigenvalue weighted by Crippen LogP contribution is 2.46. The second kappa shape index (κ2) is 7.03. The lowest BCUT2D eigenvalue weighted by Gasteiger charge is -2.22. The molecule has 0 saturated heterocycles. The minimum atomic E-state index is 0.920. The molecule has 0 aromatic carbocycles. The molecule has 1 saturated carbocycles. The molecule has 0 heterocycles. The van der Waals surface area contributed by atoms with Crippen molar-refractivity contribution in [1.29, 1.82) is 0 Å². The molecule has 0 amide bonds. The van der Waals surface area contributed by atoms with Gasteiger partial charge in [-0.2, -0.15) is 0 Å². The monoisotopic (exact) mass is 288 g/mol. The van der Waals surface area contributed by atoms with Crippen molar-refractivity contribution in [3.63, 3.8) is 0 Å². The largest absolute Gasteiger partial charge is 0.0925 e. The first-order valence-electron chi connectivity index (χ1n) is 7.19. The Kier molecular flexibility index (Phi) is 6.39. The molecule has 0 radical (unpaired) electrons. The van der Waals surface area contributed by atoms with E-state index in [1.807, 2.05) is 0 Å². The Bertz CT molecular complexity index is 190. The van der Waals surface area contributed by atoms with Gasteiger partial charge in [0.2, 0.25) is 0 Å². The molecule has 0 nitrogen and oxygen atoms in total. The topological polar surface area (TPSA) is 0 Å². The van der Waals surface area contributed by atoms with E-state index in [1.165, 1.54) is 37.4 Å². The predicted molar refractivity (Wildman–Crippen MR) is 77.0 cm³/mol. The fraction of sp³-hybridized carbons (Fsp3) is 1.00. The van der Waals surface area contributed by atoms with Gasteiger partial charge in [0.15, 0.2) is 0 Å². The van der Waals surface area contributed by atoms with Crippen LogP contribution in [-0.2, 0) is 0 Å². The summed E-state index contributed by atoms with van der Waals surface area (Å²) >= 11 is 3.74. The summed E-state index contributed by atoms with van der Waals surface area (Å²) in [6.07, 6.45) is 7.10. The molecule has 1 fully saturated rings. The molecule has 0 bridgehead atoms. The minimum Gasteiger partial charge on any atom is -0.0925 e. The summed E-state index contributed by atoms with van der Waals surface area (Å²) in [5, 5.41) is 1.22. The smallest absolute Gasteiger partial charge is 0.00649 e. The average Bonchev–Trinajstić information content (AvgIpc) is 2.56. The predicted octanol–water partition coefficient (Wildman–Crippen LogP) is 5.51. The minimum absolute atomic E-state index is 0.920. The van der Waals surface area contributed by atoms with E-state index >= 15 is 0 Å².